The summed E-state index contributed by atoms with van der Waals surface area (Å²) >= 11 is 0. The molecule has 0 bridgehead atoms. The summed E-state index contributed by atoms with van der Waals surface area (Å²) < 4.78 is 6.11. The predicted octanol–water partition coefficient (Wildman–Crippen LogP) is 7.45. The molecule has 0 amide bonds. The normalized spacial score (nSPS) is 13.0. The molecule has 0 heterocycles. The van der Waals surface area contributed by atoms with E-state index in [-0.39, 0.29) is 17.5 Å². The molecule has 1 unspecified atom stereocenters. The summed E-state index contributed by atoms with van der Waals surface area (Å²) in [6, 6.07) is 0. The van der Waals surface area contributed by atoms with Gasteiger partial charge >= 0.3 is 5.97 Å². The Morgan fingerprint density at radius 2 is 1.17 bits per heavy atom. The number of esters is 1. The average Bonchev–Trinajstić information content (AvgIpc) is 2.59. The van der Waals surface area contributed by atoms with Crippen LogP contribution in [0.5, 0.6) is 0 Å². The van der Waals surface area contributed by atoms with Crippen LogP contribution in [0.15, 0.2) is 0 Å². The quantitative estimate of drug-likeness (QED) is 0.273. The highest BCUT2D eigenvalue weighted by Crippen LogP contribution is 2.38. The maximum atomic E-state index is 13.2. The standard InChI is InChI=1S/C22H44O2/c1-6-11-16-20(15-10-5)24-21(23)22(17-12-7-2,18-13-8-3)19-14-9-4/h20H,6-19H2,1-5H3. The maximum absolute atomic E-state index is 13.2. The molecule has 0 N–H and O–H groups in total. The molecular weight excluding hydrogens is 296 g/mol. The Hall–Kier alpha value is -0.530. The van der Waals surface area contributed by atoms with Gasteiger partial charge in [0.2, 0.25) is 0 Å². The molecule has 144 valence electrons. The van der Waals surface area contributed by atoms with Gasteiger partial charge < -0.3 is 4.74 Å². The number of carbonyl (C=O) groups is 1. The summed E-state index contributed by atoms with van der Waals surface area (Å²) in [6.45, 7) is 11.1. The Morgan fingerprint density at radius 1 is 0.708 bits per heavy atom. The monoisotopic (exact) mass is 340 g/mol. The topological polar surface area (TPSA) is 26.3 Å². The largest absolute Gasteiger partial charge is 0.462 e. The molecule has 0 aliphatic rings. The fraction of sp³-hybridized carbons (Fsp3) is 0.955. The molecule has 0 aromatic heterocycles. The zero-order valence-electron chi connectivity index (χ0n) is 17.3. The van der Waals surface area contributed by atoms with Crippen LogP contribution >= 0.6 is 0 Å². The van der Waals surface area contributed by atoms with Gasteiger partial charge in [0, 0.05) is 0 Å². The lowest BCUT2D eigenvalue weighted by Crippen LogP contribution is -2.36. The molecule has 0 aromatic carbocycles. The number of carbonyl (C=O) groups excluding carboxylic acids is 1. The van der Waals surface area contributed by atoms with E-state index >= 15 is 0 Å². The average molecular weight is 341 g/mol. The summed E-state index contributed by atoms with van der Waals surface area (Å²) in [4.78, 5) is 13.2. The van der Waals surface area contributed by atoms with Crippen molar-refractivity contribution in [3.8, 4) is 0 Å². The first kappa shape index (κ1) is 23.5. The lowest BCUT2D eigenvalue weighted by molar-refractivity contribution is -0.164. The first-order valence-electron chi connectivity index (χ1n) is 10.8. The summed E-state index contributed by atoms with van der Waals surface area (Å²) in [7, 11) is 0. The van der Waals surface area contributed by atoms with E-state index in [1.54, 1.807) is 0 Å². The van der Waals surface area contributed by atoms with E-state index in [4.69, 9.17) is 4.74 Å². The molecule has 0 aromatic rings. The van der Waals surface area contributed by atoms with Crippen molar-refractivity contribution < 1.29 is 9.53 Å². The molecule has 0 saturated carbocycles. The van der Waals surface area contributed by atoms with Gasteiger partial charge in [0.05, 0.1) is 5.41 Å². The number of hydrogen-bond acceptors (Lipinski definition) is 2. The van der Waals surface area contributed by atoms with Crippen LogP contribution in [-0.4, -0.2) is 12.1 Å². The summed E-state index contributed by atoms with van der Waals surface area (Å²) in [5.41, 5.74) is -0.222. The van der Waals surface area contributed by atoms with Crippen molar-refractivity contribution in [3.63, 3.8) is 0 Å². The summed E-state index contributed by atoms with van der Waals surface area (Å²) in [5.74, 6) is 0.118. The van der Waals surface area contributed by atoms with Crippen molar-refractivity contribution in [2.45, 2.75) is 131 Å². The van der Waals surface area contributed by atoms with Crippen LogP contribution < -0.4 is 0 Å². The third kappa shape index (κ3) is 9.08. The second-order valence-corrected chi connectivity index (χ2v) is 7.55. The number of hydrogen-bond donors (Lipinski definition) is 0. The molecule has 0 fully saturated rings. The minimum Gasteiger partial charge on any atom is -0.462 e. The number of ether oxygens (including phenoxy) is 1. The highest BCUT2D eigenvalue weighted by Gasteiger charge is 2.39. The van der Waals surface area contributed by atoms with Crippen molar-refractivity contribution in [2.24, 2.45) is 5.41 Å². The second kappa shape index (κ2) is 14.8. The fourth-order valence-corrected chi connectivity index (χ4v) is 3.52. The van der Waals surface area contributed by atoms with Crippen LogP contribution in [0.2, 0.25) is 0 Å². The van der Waals surface area contributed by atoms with E-state index in [2.05, 4.69) is 34.6 Å². The molecule has 2 heteroatoms. The second-order valence-electron chi connectivity index (χ2n) is 7.55. The van der Waals surface area contributed by atoms with Crippen LogP contribution in [0, 0.1) is 5.41 Å². The Kier molecular flexibility index (Phi) is 14.5. The van der Waals surface area contributed by atoms with E-state index in [1.807, 2.05) is 0 Å². The summed E-state index contributed by atoms with van der Waals surface area (Å²) in [5, 5.41) is 0. The molecule has 0 radical (unpaired) electrons. The van der Waals surface area contributed by atoms with Crippen LogP contribution in [0.4, 0.5) is 0 Å². The lowest BCUT2D eigenvalue weighted by Gasteiger charge is -2.33. The van der Waals surface area contributed by atoms with E-state index in [1.165, 1.54) is 6.42 Å². The SMILES string of the molecule is CCCCC(CCC)OC(=O)C(CCCC)(CCCC)CCCC. The van der Waals surface area contributed by atoms with Crippen LogP contribution in [0.25, 0.3) is 0 Å². The van der Waals surface area contributed by atoms with Gasteiger partial charge in [-0.25, -0.2) is 0 Å². The first-order valence-corrected chi connectivity index (χ1v) is 10.8. The molecular formula is C22H44O2. The van der Waals surface area contributed by atoms with Gasteiger partial charge in [-0.3, -0.25) is 4.79 Å². The molecule has 1 atom stereocenters. The molecule has 2 nitrogen and oxygen atoms in total. The number of rotatable bonds is 16. The smallest absolute Gasteiger partial charge is 0.312 e. The fourth-order valence-electron chi connectivity index (χ4n) is 3.52. The highest BCUT2D eigenvalue weighted by molar-refractivity contribution is 5.77. The van der Waals surface area contributed by atoms with E-state index in [0.717, 1.165) is 83.5 Å². The molecule has 0 rings (SSSR count). The molecule has 0 aliphatic heterocycles. The van der Waals surface area contributed by atoms with Gasteiger partial charge in [-0.2, -0.15) is 0 Å². The van der Waals surface area contributed by atoms with E-state index in [0.29, 0.717) is 0 Å². The van der Waals surface area contributed by atoms with Crippen molar-refractivity contribution in [1.82, 2.24) is 0 Å². The van der Waals surface area contributed by atoms with Crippen molar-refractivity contribution in [2.75, 3.05) is 0 Å². The van der Waals surface area contributed by atoms with Gasteiger partial charge in [0.25, 0.3) is 0 Å². The van der Waals surface area contributed by atoms with Crippen LogP contribution in [0.3, 0.4) is 0 Å². The number of unbranched alkanes of at least 4 members (excludes halogenated alkanes) is 4. The van der Waals surface area contributed by atoms with Gasteiger partial charge in [0.1, 0.15) is 6.10 Å². The first-order chi connectivity index (χ1) is 11.6. The van der Waals surface area contributed by atoms with Crippen molar-refractivity contribution in [3.05, 3.63) is 0 Å². The molecule has 0 saturated heterocycles. The Morgan fingerprint density at radius 3 is 1.54 bits per heavy atom. The van der Waals surface area contributed by atoms with Gasteiger partial charge in [-0.15, -0.1) is 0 Å². The predicted molar refractivity (Wildman–Crippen MR) is 105 cm³/mol. The van der Waals surface area contributed by atoms with Crippen LogP contribution in [-0.2, 0) is 9.53 Å². The minimum atomic E-state index is -0.222. The molecule has 24 heavy (non-hydrogen) atoms. The third-order valence-electron chi connectivity index (χ3n) is 5.22. The lowest BCUT2D eigenvalue weighted by atomic mass is 9.74. The molecule has 0 spiro atoms. The highest BCUT2D eigenvalue weighted by atomic mass is 16.5. The van der Waals surface area contributed by atoms with Crippen molar-refractivity contribution in [1.29, 1.82) is 0 Å². The Bertz CT molecular complexity index is 277. The minimum absolute atomic E-state index is 0.118. The van der Waals surface area contributed by atoms with Crippen LogP contribution in [0.1, 0.15) is 125 Å². The Labute approximate surface area is 152 Å². The van der Waals surface area contributed by atoms with Gasteiger partial charge in [-0.05, 0) is 32.1 Å². The van der Waals surface area contributed by atoms with Gasteiger partial charge in [0.15, 0.2) is 0 Å². The maximum Gasteiger partial charge on any atom is 0.312 e. The zero-order chi connectivity index (χ0) is 18.3. The third-order valence-corrected chi connectivity index (χ3v) is 5.22. The zero-order valence-corrected chi connectivity index (χ0v) is 17.3. The van der Waals surface area contributed by atoms with Gasteiger partial charge in [-0.1, -0.05) is 92.4 Å². The van der Waals surface area contributed by atoms with Crippen molar-refractivity contribution >= 4 is 5.97 Å². The van der Waals surface area contributed by atoms with E-state index < -0.39 is 0 Å². The molecule has 0 aliphatic carbocycles. The summed E-state index contributed by atoms with van der Waals surface area (Å²) in [6.07, 6.45) is 15.5. The van der Waals surface area contributed by atoms with E-state index in [9.17, 15) is 4.79 Å². The Balaban J connectivity index is 5.10.